The topological polar surface area (TPSA) is 77.5 Å². The van der Waals surface area contributed by atoms with Gasteiger partial charge in [0.2, 0.25) is 0 Å². The van der Waals surface area contributed by atoms with E-state index in [0.717, 1.165) is 11.3 Å². The molecule has 2 rings (SSSR count). The van der Waals surface area contributed by atoms with Crippen LogP contribution >= 0.6 is 11.6 Å². The summed E-state index contributed by atoms with van der Waals surface area (Å²) in [6.07, 6.45) is 1.17. The van der Waals surface area contributed by atoms with Crippen LogP contribution in [-0.2, 0) is 14.3 Å². The van der Waals surface area contributed by atoms with Crippen molar-refractivity contribution in [2.24, 2.45) is 0 Å². The fraction of sp³-hybridized carbons (Fsp3) is 0.316. The Morgan fingerprint density at radius 2 is 2.08 bits per heavy atom. The van der Waals surface area contributed by atoms with Crippen molar-refractivity contribution in [1.82, 2.24) is 4.98 Å². The first-order valence-electron chi connectivity index (χ1n) is 8.25. The van der Waals surface area contributed by atoms with Crippen molar-refractivity contribution in [3.63, 3.8) is 0 Å². The average molecular weight is 377 g/mol. The van der Waals surface area contributed by atoms with Gasteiger partial charge in [-0.3, -0.25) is 9.59 Å². The van der Waals surface area contributed by atoms with E-state index in [2.05, 4.69) is 10.3 Å². The molecule has 0 spiro atoms. The summed E-state index contributed by atoms with van der Waals surface area (Å²) in [5.74, 6) is 0.198. The van der Waals surface area contributed by atoms with E-state index in [1.54, 1.807) is 12.1 Å². The maximum Gasteiger partial charge on any atom is 0.306 e. The minimum Gasteiger partial charge on any atom is -0.494 e. The molecule has 1 aromatic heterocycles. The molecular weight excluding hydrogens is 356 g/mol. The van der Waals surface area contributed by atoms with E-state index in [-0.39, 0.29) is 6.42 Å². The van der Waals surface area contributed by atoms with Crippen molar-refractivity contribution < 1.29 is 19.1 Å². The normalized spacial score (nSPS) is 11.5. The standard InChI is InChI=1S/C19H21ClN2O4/c1-13-5-3-6-16(11-13)25-10-4-7-18(23)26-14(2)19(24)22-17-9-8-15(20)12-21-17/h3,5-6,8-9,11-12,14H,4,7,10H2,1-2H3,(H,21,22,24)/t14-/m1/s1. The number of benzene rings is 1. The van der Waals surface area contributed by atoms with Crippen LogP contribution < -0.4 is 10.1 Å². The SMILES string of the molecule is Cc1cccc(OCCCC(=O)O[C@H](C)C(=O)Nc2ccc(Cl)cn2)c1. The van der Waals surface area contributed by atoms with Crippen molar-refractivity contribution in [2.45, 2.75) is 32.8 Å². The van der Waals surface area contributed by atoms with Gasteiger partial charge in [-0.25, -0.2) is 4.98 Å². The van der Waals surface area contributed by atoms with Gasteiger partial charge in [0.25, 0.3) is 5.91 Å². The molecule has 1 aromatic carbocycles. The summed E-state index contributed by atoms with van der Waals surface area (Å²) in [4.78, 5) is 27.8. The molecular formula is C19H21ClN2O4. The second-order valence-electron chi connectivity index (χ2n) is 5.75. The highest BCUT2D eigenvalue weighted by molar-refractivity contribution is 6.30. The molecule has 0 fully saturated rings. The first kappa shape index (κ1) is 19.7. The summed E-state index contributed by atoms with van der Waals surface area (Å²) < 4.78 is 10.7. The van der Waals surface area contributed by atoms with Crippen molar-refractivity contribution in [2.75, 3.05) is 11.9 Å². The third-order valence-corrected chi connectivity index (χ3v) is 3.66. The van der Waals surface area contributed by atoms with Gasteiger partial charge in [0, 0.05) is 12.6 Å². The summed E-state index contributed by atoms with van der Waals surface area (Å²) in [7, 11) is 0. The highest BCUT2D eigenvalue weighted by atomic mass is 35.5. The molecule has 1 amide bonds. The molecule has 1 N–H and O–H groups in total. The molecule has 1 atom stereocenters. The number of ether oxygens (including phenoxy) is 2. The van der Waals surface area contributed by atoms with Crippen LogP contribution in [0, 0.1) is 6.92 Å². The molecule has 0 bridgehead atoms. The van der Waals surface area contributed by atoms with Gasteiger partial charge in [0.1, 0.15) is 11.6 Å². The molecule has 26 heavy (non-hydrogen) atoms. The van der Waals surface area contributed by atoms with Gasteiger partial charge in [-0.05, 0) is 50.1 Å². The second kappa shape index (κ2) is 9.77. The molecule has 0 aliphatic rings. The van der Waals surface area contributed by atoms with Crippen molar-refractivity contribution in [3.8, 4) is 5.75 Å². The van der Waals surface area contributed by atoms with E-state index in [9.17, 15) is 9.59 Å². The number of carbonyl (C=O) groups excluding carboxylic acids is 2. The fourth-order valence-corrected chi connectivity index (χ4v) is 2.21. The van der Waals surface area contributed by atoms with Crippen LogP contribution in [0.3, 0.4) is 0 Å². The maximum atomic E-state index is 12.0. The molecule has 0 aliphatic carbocycles. The number of pyridine rings is 1. The molecule has 2 aromatic rings. The smallest absolute Gasteiger partial charge is 0.306 e. The summed E-state index contributed by atoms with van der Waals surface area (Å²) in [5, 5.41) is 3.03. The molecule has 6 nitrogen and oxygen atoms in total. The predicted octanol–water partition coefficient (Wildman–Crippen LogP) is 3.77. The number of hydrogen-bond donors (Lipinski definition) is 1. The van der Waals surface area contributed by atoms with Crippen molar-refractivity contribution >= 4 is 29.3 Å². The van der Waals surface area contributed by atoms with Crippen molar-refractivity contribution in [1.29, 1.82) is 0 Å². The molecule has 0 unspecified atom stereocenters. The average Bonchev–Trinajstić information content (AvgIpc) is 2.60. The highest BCUT2D eigenvalue weighted by Gasteiger charge is 2.18. The number of hydrogen-bond acceptors (Lipinski definition) is 5. The maximum absolute atomic E-state index is 12.0. The third-order valence-electron chi connectivity index (χ3n) is 3.44. The second-order valence-corrected chi connectivity index (χ2v) is 6.19. The van der Waals surface area contributed by atoms with E-state index in [1.165, 1.54) is 13.1 Å². The van der Waals surface area contributed by atoms with Gasteiger partial charge in [0.15, 0.2) is 6.10 Å². The first-order valence-corrected chi connectivity index (χ1v) is 8.63. The Bertz CT molecular complexity index is 749. The van der Waals surface area contributed by atoms with E-state index in [4.69, 9.17) is 21.1 Å². The summed E-state index contributed by atoms with van der Waals surface area (Å²) >= 11 is 5.73. The Hall–Kier alpha value is -2.60. The number of anilines is 1. The minimum absolute atomic E-state index is 0.169. The Balaban J connectivity index is 1.67. The molecule has 0 saturated heterocycles. The Morgan fingerprint density at radius 3 is 2.77 bits per heavy atom. The first-order chi connectivity index (χ1) is 12.4. The largest absolute Gasteiger partial charge is 0.494 e. The van der Waals surface area contributed by atoms with E-state index < -0.39 is 18.0 Å². The Kier molecular flexibility index (Phi) is 7.41. The van der Waals surface area contributed by atoms with Crippen LogP contribution in [-0.4, -0.2) is 29.6 Å². The van der Waals surface area contributed by atoms with Gasteiger partial charge in [0.05, 0.1) is 11.6 Å². The molecule has 7 heteroatoms. The van der Waals surface area contributed by atoms with Gasteiger partial charge in [-0.15, -0.1) is 0 Å². The molecule has 1 heterocycles. The number of nitrogens with one attached hydrogen (secondary N) is 1. The number of nitrogens with zero attached hydrogens (tertiary/aromatic N) is 1. The van der Waals surface area contributed by atoms with E-state index in [1.807, 2.05) is 31.2 Å². The van der Waals surface area contributed by atoms with Crippen molar-refractivity contribution in [3.05, 3.63) is 53.2 Å². The number of aromatic nitrogens is 1. The quantitative estimate of drug-likeness (QED) is 0.560. The van der Waals surface area contributed by atoms with Gasteiger partial charge < -0.3 is 14.8 Å². The molecule has 0 saturated carbocycles. The third kappa shape index (κ3) is 6.72. The minimum atomic E-state index is -0.919. The van der Waals surface area contributed by atoms with Gasteiger partial charge >= 0.3 is 5.97 Å². The van der Waals surface area contributed by atoms with E-state index in [0.29, 0.717) is 23.9 Å². The molecule has 0 radical (unpaired) electrons. The van der Waals surface area contributed by atoms with Crippen LogP contribution in [0.1, 0.15) is 25.3 Å². The lowest BCUT2D eigenvalue weighted by Gasteiger charge is -2.13. The number of halogens is 1. The molecule has 0 aliphatic heterocycles. The number of amides is 1. The highest BCUT2D eigenvalue weighted by Crippen LogP contribution is 2.13. The van der Waals surface area contributed by atoms with Crippen LogP contribution in [0.5, 0.6) is 5.75 Å². The molecule has 138 valence electrons. The number of esters is 1. The lowest BCUT2D eigenvalue weighted by Crippen LogP contribution is -2.30. The van der Waals surface area contributed by atoms with Gasteiger partial charge in [-0.2, -0.15) is 0 Å². The van der Waals surface area contributed by atoms with Crippen LogP contribution in [0.25, 0.3) is 0 Å². The van der Waals surface area contributed by atoms with Crippen LogP contribution in [0.15, 0.2) is 42.6 Å². The zero-order valence-electron chi connectivity index (χ0n) is 14.7. The fourth-order valence-electron chi connectivity index (χ4n) is 2.10. The Morgan fingerprint density at radius 1 is 1.27 bits per heavy atom. The summed E-state index contributed by atoms with van der Waals surface area (Å²) in [6.45, 7) is 3.89. The van der Waals surface area contributed by atoms with Crippen LogP contribution in [0.2, 0.25) is 5.02 Å². The van der Waals surface area contributed by atoms with E-state index >= 15 is 0 Å². The predicted molar refractivity (Wildman–Crippen MR) is 99.3 cm³/mol. The summed E-state index contributed by atoms with van der Waals surface area (Å²) in [6, 6.07) is 10.9. The number of carbonyl (C=O) groups is 2. The zero-order chi connectivity index (χ0) is 18.9. The Labute approximate surface area is 157 Å². The lowest BCUT2D eigenvalue weighted by molar-refractivity contribution is -0.153. The monoisotopic (exact) mass is 376 g/mol. The number of rotatable bonds is 8. The van der Waals surface area contributed by atoms with Gasteiger partial charge in [-0.1, -0.05) is 23.7 Å². The number of aryl methyl sites for hydroxylation is 1. The van der Waals surface area contributed by atoms with Crippen LogP contribution in [0.4, 0.5) is 5.82 Å². The zero-order valence-corrected chi connectivity index (χ0v) is 15.5. The summed E-state index contributed by atoms with van der Waals surface area (Å²) in [5.41, 5.74) is 1.11. The lowest BCUT2D eigenvalue weighted by atomic mass is 10.2.